The highest BCUT2D eigenvalue weighted by Crippen LogP contribution is 1.87. The third-order valence-corrected chi connectivity index (χ3v) is 0.548. The summed E-state index contributed by atoms with van der Waals surface area (Å²) in [6.45, 7) is -0.967. The molecular formula is C3H9NO11. The van der Waals surface area contributed by atoms with Gasteiger partial charge < -0.3 is 0 Å². The van der Waals surface area contributed by atoms with Crippen LogP contribution in [0.5, 0.6) is 0 Å². The topological polar surface area (TPSA) is 128 Å². The van der Waals surface area contributed by atoms with Gasteiger partial charge in [0.05, 0.1) is 7.11 Å². The van der Waals surface area contributed by atoms with E-state index in [1.165, 1.54) is 7.11 Å². The van der Waals surface area contributed by atoms with E-state index in [-0.39, 0.29) is 0 Å². The molecule has 0 aliphatic heterocycles. The minimum Gasteiger partial charge on any atom is -0.207 e. The third kappa shape index (κ3) is 13.5. The van der Waals surface area contributed by atoms with Gasteiger partial charge in [-0.25, -0.2) is 4.89 Å². The van der Waals surface area contributed by atoms with E-state index < -0.39 is 13.6 Å². The lowest BCUT2D eigenvalue weighted by Gasteiger charge is -2.01. The normalized spacial score (nSPS) is 10.8. The standard InChI is InChI=1S/C3H9NO11/c1-5-11-13-8-2-6-12-7-3-9-14-15-10-4/h2-4H2,1H3. The molecule has 0 unspecified atom stereocenters. The third-order valence-electron chi connectivity index (χ3n) is 0.548. The first-order valence-corrected chi connectivity index (χ1v) is 3.13. The van der Waals surface area contributed by atoms with Crippen molar-refractivity contribution in [2.75, 3.05) is 20.7 Å². The first-order valence-electron chi connectivity index (χ1n) is 3.13. The highest BCUT2D eigenvalue weighted by molar-refractivity contribution is 3.74. The summed E-state index contributed by atoms with van der Waals surface area (Å²) in [7, 11) is 1.20. The van der Waals surface area contributed by atoms with Gasteiger partial charge in [-0.3, -0.25) is 0 Å². The van der Waals surface area contributed by atoms with Gasteiger partial charge in [0.2, 0.25) is 13.6 Å². The molecule has 0 saturated carbocycles. The predicted octanol–water partition coefficient (Wildman–Crippen LogP) is -1.09. The van der Waals surface area contributed by atoms with Crippen molar-refractivity contribution in [2.24, 2.45) is 5.90 Å². The van der Waals surface area contributed by atoms with E-state index in [4.69, 9.17) is 0 Å². The van der Waals surface area contributed by atoms with Crippen molar-refractivity contribution < 1.29 is 54.6 Å². The summed E-state index contributed by atoms with van der Waals surface area (Å²) in [4.78, 5) is 23.9. The molecule has 12 nitrogen and oxygen atoms in total. The van der Waals surface area contributed by atoms with Crippen LogP contribution in [0.4, 0.5) is 0 Å². The summed E-state index contributed by atoms with van der Waals surface area (Å²) in [5.74, 6) is 4.37. The zero-order chi connectivity index (χ0) is 11.2. The monoisotopic (exact) mass is 235 g/mol. The van der Waals surface area contributed by atoms with Crippen LogP contribution in [-0.4, -0.2) is 20.7 Å². The fourth-order valence-corrected chi connectivity index (χ4v) is 0.235. The van der Waals surface area contributed by atoms with Crippen molar-refractivity contribution in [3.8, 4) is 0 Å². The van der Waals surface area contributed by atoms with Crippen LogP contribution >= 0.6 is 0 Å². The van der Waals surface area contributed by atoms with Gasteiger partial charge in [0, 0.05) is 0 Å². The van der Waals surface area contributed by atoms with Crippen LogP contribution in [0, 0.1) is 0 Å². The Kier molecular flexibility index (Phi) is 13.1. The van der Waals surface area contributed by atoms with Crippen LogP contribution in [0.1, 0.15) is 0 Å². The molecule has 12 heteroatoms. The predicted molar refractivity (Wildman–Crippen MR) is 31.8 cm³/mol. The quantitative estimate of drug-likeness (QED) is 0.191. The molecule has 2 N–H and O–H groups in total. The lowest BCUT2D eigenvalue weighted by Crippen LogP contribution is -2.08. The summed E-state index contributed by atoms with van der Waals surface area (Å²) in [6.07, 6.45) is 0. The SMILES string of the molecule is COOOOCOOOCOOOON. The minimum atomic E-state index is -0.501. The molecule has 0 amide bonds. The van der Waals surface area contributed by atoms with E-state index in [1.807, 2.05) is 0 Å². The van der Waals surface area contributed by atoms with Crippen LogP contribution in [0.15, 0.2) is 0 Å². The van der Waals surface area contributed by atoms with E-state index in [0.29, 0.717) is 0 Å². The van der Waals surface area contributed by atoms with Crippen LogP contribution in [0.2, 0.25) is 0 Å². The molecule has 0 fully saturated rings. The number of hydrogen-bond acceptors (Lipinski definition) is 12. The van der Waals surface area contributed by atoms with E-state index in [2.05, 4.69) is 60.5 Å². The first kappa shape index (κ1) is 14.5. The number of nitrogens with two attached hydrogens (primary N) is 1. The Labute approximate surface area is 82.4 Å². The van der Waals surface area contributed by atoms with Gasteiger partial charge in [-0.05, 0) is 20.2 Å². The summed E-state index contributed by atoms with van der Waals surface area (Å²) in [5, 5.41) is 19.0. The molecule has 92 valence electrons. The second-order valence-electron chi connectivity index (χ2n) is 1.31. The van der Waals surface area contributed by atoms with Gasteiger partial charge >= 0.3 is 0 Å². The Hall–Kier alpha value is -0.480. The zero-order valence-electron chi connectivity index (χ0n) is 7.48. The summed E-state index contributed by atoms with van der Waals surface area (Å²) < 4.78 is 0. The minimum absolute atomic E-state index is 0.466. The first-order chi connectivity index (χ1) is 7.41. The van der Waals surface area contributed by atoms with Crippen molar-refractivity contribution in [3.63, 3.8) is 0 Å². The Morgan fingerprint density at radius 1 is 0.733 bits per heavy atom. The molecule has 0 aliphatic carbocycles. The van der Waals surface area contributed by atoms with E-state index in [9.17, 15) is 0 Å². The molecular weight excluding hydrogens is 226 g/mol. The van der Waals surface area contributed by atoms with Gasteiger partial charge in [-0.15, -0.1) is 4.99 Å². The van der Waals surface area contributed by atoms with Crippen molar-refractivity contribution in [1.82, 2.24) is 0 Å². The van der Waals surface area contributed by atoms with Crippen molar-refractivity contribution in [1.29, 1.82) is 0 Å². The number of hydrogen-bond donors (Lipinski definition) is 1. The highest BCUT2D eigenvalue weighted by atomic mass is 17.7. The maximum Gasteiger partial charge on any atom is 0.221 e. The summed E-state index contributed by atoms with van der Waals surface area (Å²) in [6, 6.07) is 0. The molecule has 0 heterocycles. The molecule has 0 aromatic carbocycles. The molecule has 0 rings (SSSR count). The molecule has 0 aromatic heterocycles. The van der Waals surface area contributed by atoms with Crippen molar-refractivity contribution in [2.45, 2.75) is 0 Å². The highest BCUT2D eigenvalue weighted by Gasteiger charge is 1.94. The Bertz CT molecular complexity index is 100. The summed E-state index contributed by atoms with van der Waals surface area (Å²) in [5.41, 5.74) is 0. The Morgan fingerprint density at radius 2 is 1.27 bits per heavy atom. The molecule has 0 bridgehead atoms. The Morgan fingerprint density at radius 3 is 1.80 bits per heavy atom. The molecule has 0 aromatic rings. The van der Waals surface area contributed by atoms with Gasteiger partial charge in [0.15, 0.2) is 0 Å². The lowest BCUT2D eigenvalue weighted by molar-refractivity contribution is -0.675. The molecule has 0 aliphatic rings. The van der Waals surface area contributed by atoms with Gasteiger partial charge in [0.1, 0.15) is 0 Å². The van der Waals surface area contributed by atoms with E-state index in [1.54, 1.807) is 0 Å². The molecule has 0 saturated heterocycles. The second kappa shape index (κ2) is 13.5. The van der Waals surface area contributed by atoms with Crippen molar-refractivity contribution >= 4 is 0 Å². The Balaban J connectivity index is 2.81. The van der Waals surface area contributed by atoms with Crippen molar-refractivity contribution in [3.05, 3.63) is 0 Å². The van der Waals surface area contributed by atoms with Crippen LogP contribution in [0.25, 0.3) is 0 Å². The number of rotatable bonds is 12. The maximum atomic E-state index is 4.37. The maximum absolute atomic E-state index is 4.37. The molecule has 0 atom stereocenters. The zero-order valence-corrected chi connectivity index (χ0v) is 7.48. The van der Waals surface area contributed by atoms with Crippen LogP contribution < -0.4 is 5.90 Å². The van der Waals surface area contributed by atoms with E-state index >= 15 is 0 Å². The molecule has 15 heavy (non-hydrogen) atoms. The summed E-state index contributed by atoms with van der Waals surface area (Å²) >= 11 is 0. The van der Waals surface area contributed by atoms with Crippen LogP contribution in [-0.2, 0) is 54.6 Å². The largest absolute Gasteiger partial charge is 0.221 e. The average molecular weight is 235 g/mol. The van der Waals surface area contributed by atoms with Gasteiger partial charge in [-0.1, -0.05) is 5.04 Å². The van der Waals surface area contributed by atoms with Gasteiger partial charge in [-0.2, -0.15) is 25.4 Å². The smallest absolute Gasteiger partial charge is 0.207 e. The average Bonchev–Trinajstić information content (AvgIpc) is 2.26. The second-order valence-corrected chi connectivity index (χ2v) is 1.31. The molecule has 0 radical (unpaired) electrons. The fraction of sp³-hybridized carbons (Fsp3) is 1.00. The van der Waals surface area contributed by atoms with E-state index in [0.717, 1.165) is 0 Å². The fourth-order valence-electron chi connectivity index (χ4n) is 0.235. The lowest BCUT2D eigenvalue weighted by atomic mass is 11.5. The molecule has 0 spiro atoms. The van der Waals surface area contributed by atoms with Crippen LogP contribution in [0.3, 0.4) is 0 Å². The van der Waals surface area contributed by atoms with Gasteiger partial charge in [0.25, 0.3) is 0 Å².